The second-order valence-corrected chi connectivity index (χ2v) is 6.85. The number of benzene rings is 1. The van der Waals surface area contributed by atoms with E-state index >= 15 is 0 Å². The van der Waals surface area contributed by atoms with Crippen molar-refractivity contribution in [2.45, 2.75) is 72.4 Å². The zero-order chi connectivity index (χ0) is 17.6. The Labute approximate surface area is 149 Å². The van der Waals surface area contributed by atoms with Crippen molar-refractivity contribution in [3.63, 3.8) is 0 Å². The summed E-state index contributed by atoms with van der Waals surface area (Å²) in [6, 6.07) is 8.34. The smallest absolute Gasteiger partial charge is 0.124 e. The summed E-state index contributed by atoms with van der Waals surface area (Å²) < 4.78 is 5.88. The van der Waals surface area contributed by atoms with Gasteiger partial charge in [-0.2, -0.15) is 0 Å². The van der Waals surface area contributed by atoms with E-state index in [1.54, 1.807) is 0 Å². The van der Waals surface area contributed by atoms with E-state index in [2.05, 4.69) is 56.1 Å². The molecule has 0 amide bonds. The predicted octanol–water partition coefficient (Wildman–Crippen LogP) is 4.86. The summed E-state index contributed by atoms with van der Waals surface area (Å²) in [6.45, 7) is 14.3. The number of nitrogens with one attached hydrogen (secondary N) is 1. The fourth-order valence-electron chi connectivity index (χ4n) is 2.77. The van der Waals surface area contributed by atoms with Gasteiger partial charge in [0.2, 0.25) is 0 Å². The number of para-hydroxylation sites is 1. The highest BCUT2D eigenvalue weighted by Crippen LogP contribution is 2.19. The first-order chi connectivity index (χ1) is 11.7. The van der Waals surface area contributed by atoms with Crippen LogP contribution in [0.15, 0.2) is 24.3 Å². The average Bonchev–Trinajstić information content (AvgIpc) is 2.57. The van der Waals surface area contributed by atoms with Crippen LogP contribution in [0.3, 0.4) is 0 Å². The lowest BCUT2D eigenvalue weighted by Crippen LogP contribution is -2.29. The van der Waals surface area contributed by atoms with E-state index in [0.29, 0.717) is 0 Å². The highest BCUT2D eigenvalue weighted by atomic mass is 16.5. The molecule has 138 valence electrons. The Hall–Kier alpha value is -1.06. The molecule has 0 aliphatic rings. The third-order valence-corrected chi connectivity index (χ3v) is 4.13. The molecule has 0 aliphatic carbocycles. The minimum Gasteiger partial charge on any atom is -0.491 e. The summed E-state index contributed by atoms with van der Waals surface area (Å²) in [5, 5.41) is 3.58. The molecule has 24 heavy (non-hydrogen) atoms. The maximum atomic E-state index is 5.88. The molecule has 0 unspecified atom stereocenters. The molecule has 0 fully saturated rings. The Bertz CT molecular complexity index is 412. The van der Waals surface area contributed by atoms with E-state index in [9.17, 15) is 0 Å². The first-order valence-electron chi connectivity index (χ1n) is 9.85. The Morgan fingerprint density at radius 3 is 2.21 bits per heavy atom. The van der Waals surface area contributed by atoms with Gasteiger partial charge in [0.25, 0.3) is 0 Å². The van der Waals surface area contributed by atoms with Crippen LogP contribution in [-0.4, -0.2) is 37.2 Å². The molecule has 0 heterocycles. The van der Waals surface area contributed by atoms with Crippen molar-refractivity contribution in [2.24, 2.45) is 0 Å². The molecular formula is C21H38N2O. The second kappa shape index (κ2) is 13.3. The van der Waals surface area contributed by atoms with Crippen molar-refractivity contribution >= 4 is 0 Å². The Morgan fingerprint density at radius 1 is 0.958 bits per heavy atom. The first-order valence-corrected chi connectivity index (χ1v) is 9.85. The van der Waals surface area contributed by atoms with Gasteiger partial charge < -0.3 is 15.0 Å². The fourth-order valence-corrected chi connectivity index (χ4v) is 2.77. The molecule has 0 atom stereocenters. The number of hydrogen-bond acceptors (Lipinski definition) is 3. The summed E-state index contributed by atoms with van der Waals surface area (Å²) in [7, 11) is 0. The minimum absolute atomic E-state index is 0.219. The summed E-state index contributed by atoms with van der Waals surface area (Å²) >= 11 is 0. The molecule has 1 aromatic rings. The van der Waals surface area contributed by atoms with E-state index in [0.717, 1.165) is 18.8 Å². The first kappa shape index (κ1) is 21.0. The molecule has 3 nitrogen and oxygen atoms in total. The Kier molecular flexibility index (Phi) is 11.6. The standard InChI is InChI=1S/C21H38N2O/c1-5-7-15-23(16-8-6-2)17-11-14-22-18-20-12-9-10-13-21(20)24-19(3)4/h9-10,12-13,19,22H,5-8,11,14-18H2,1-4H3. The summed E-state index contributed by atoms with van der Waals surface area (Å²) in [4.78, 5) is 2.63. The Morgan fingerprint density at radius 2 is 1.58 bits per heavy atom. The molecule has 1 N–H and O–H groups in total. The molecule has 1 rings (SSSR count). The summed E-state index contributed by atoms with van der Waals surface area (Å²) in [5.74, 6) is 1.01. The zero-order valence-electron chi connectivity index (χ0n) is 16.3. The minimum atomic E-state index is 0.219. The van der Waals surface area contributed by atoms with Gasteiger partial charge in [-0.15, -0.1) is 0 Å². The van der Waals surface area contributed by atoms with Crippen molar-refractivity contribution in [2.75, 3.05) is 26.2 Å². The molecule has 0 spiro atoms. The van der Waals surface area contributed by atoms with Crippen LogP contribution in [0, 0.1) is 0 Å². The molecule has 0 aromatic heterocycles. The lowest BCUT2D eigenvalue weighted by atomic mass is 10.2. The molecule has 3 heteroatoms. The normalized spacial score (nSPS) is 11.4. The number of hydrogen-bond donors (Lipinski definition) is 1. The van der Waals surface area contributed by atoms with Crippen molar-refractivity contribution < 1.29 is 4.74 Å². The van der Waals surface area contributed by atoms with Crippen LogP contribution in [0.2, 0.25) is 0 Å². The summed E-state index contributed by atoms with van der Waals surface area (Å²) in [6.07, 6.45) is 6.63. The summed E-state index contributed by atoms with van der Waals surface area (Å²) in [5.41, 5.74) is 1.25. The lowest BCUT2D eigenvalue weighted by molar-refractivity contribution is 0.239. The van der Waals surface area contributed by atoms with Gasteiger partial charge in [-0.3, -0.25) is 0 Å². The van der Waals surface area contributed by atoms with Crippen LogP contribution in [0.4, 0.5) is 0 Å². The largest absolute Gasteiger partial charge is 0.491 e. The monoisotopic (exact) mass is 334 g/mol. The number of unbranched alkanes of at least 4 members (excludes halogenated alkanes) is 2. The van der Waals surface area contributed by atoms with Crippen LogP contribution in [0.1, 0.15) is 65.4 Å². The van der Waals surface area contributed by atoms with Crippen LogP contribution in [0.5, 0.6) is 5.75 Å². The fraction of sp³-hybridized carbons (Fsp3) is 0.714. The third-order valence-electron chi connectivity index (χ3n) is 4.13. The highest BCUT2D eigenvalue weighted by molar-refractivity contribution is 5.33. The molecule has 0 saturated carbocycles. The van der Waals surface area contributed by atoms with Crippen molar-refractivity contribution in [1.29, 1.82) is 0 Å². The SMILES string of the molecule is CCCCN(CCCC)CCCNCc1ccccc1OC(C)C. The van der Waals surface area contributed by atoms with Gasteiger partial charge in [-0.05, 0) is 65.4 Å². The van der Waals surface area contributed by atoms with Crippen molar-refractivity contribution in [3.05, 3.63) is 29.8 Å². The quantitative estimate of drug-likeness (QED) is 0.492. The van der Waals surface area contributed by atoms with Gasteiger partial charge >= 0.3 is 0 Å². The van der Waals surface area contributed by atoms with Crippen LogP contribution >= 0.6 is 0 Å². The molecule has 1 aromatic carbocycles. The Balaban J connectivity index is 2.29. The maximum absolute atomic E-state index is 5.88. The molecule has 0 aliphatic heterocycles. The molecule has 0 saturated heterocycles. The predicted molar refractivity (Wildman–Crippen MR) is 105 cm³/mol. The van der Waals surface area contributed by atoms with E-state index in [1.165, 1.54) is 57.3 Å². The highest BCUT2D eigenvalue weighted by Gasteiger charge is 2.06. The topological polar surface area (TPSA) is 24.5 Å². The van der Waals surface area contributed by atoms with E-state index in [4.69, 9.17) is 4.74 Å². The average molecular weight is 335 g/mol. The van der Waals surface area contributed by atoms with E-state index in [1.807, 2.05) is 6.07 Å². The van der Waals surface area contributed by atoms with Crippen molar-refractivity contribution in [1.82, 2.24) is 10.2 Å². The van der Waals surface area contributed by atoms with Gasteiger partial charge in [0, 0.05) is 12.1 Å². The number of ether oxygens (including phenoxy) is 1. The van der Waals surface area contributed by atoms with E-state index < -0.39 is 0 Å². The number of rotatable bonds is 14. The molecule has 0 radical (unpaired) electrons. The maximum Gasteiger partial charge on any atom is 0.124 e. The molecule has 0 bridgehead atoms. The molecular weight excluding hydrogens is 296 g/mol. The number of nitrogens with zero attached hydrogens (tertiary/aromatic N) is 1. The van der Waals surface area contributed by atoms with Crippen LogP contribution in [-0.2, 0) is 6.54 Å². The van der Waals surface area contributed by atoms with Crippen LogP contribution in [0.25, 0.3) is 0 Å². The third kappa shape index (κ3) is 9.29. The van der Waals surface area contributed by atoms with Gasteiger partial charge in [-0.25, -0.2) is 0 Å². The van der Waals surface area contributed by atoms with Gasteiger partial charge in [0.1, 0.15) is 5.75 Å². The van der Waals surface area contributed by atoms with Gasteiger partial charge in [-0.1, -0.05) is 44.9 Å². The second-order valence-electron chi connectivity index (χ2n) is 6.85. The lowest BCUT2D eigenvalue weighted by Gasteiger charge is -2.22. The van der Waals surface area contributed by atoms with Crippen LogP contribution < -0.4 is 10.1 Å². The van der Waals surface area contributed by atoms with Crippen molar-refractivity contribution in [3.8, 4) is 5.75 Å². The van der Waals surface area contributed by atoms with Gasteiger partial charge in [0.15, 0.2) is 0 Å². The van der Waals surface area contributed by atoms with E-state index in [-0.39, 0.29) is 6.10 Å². The zero-order valence-corrected chi connectivity index (χ0v) is 16.3. The van der Waals surface area contributed by atoms with Gasteiger partial charge in [0.05, 0.1) is 6.10 Å².